The molecule has 0 bridgehead atoms. The molecule has 0 N–H and O–H groups in total. The fourth-order valence-corrected chi connectivity index (χ4v) is 6.55. The fraction of sp³-hybridized carbons (Fsp3) is 0.192. The van der Waals surface area contributed by atoms with Gasteiger partial charge in [-0.3, -0.25) is 0 Å². The summed E-state index contributed by atoms with van der Waals surface area (Å²) in [5.41, 5.74) is 2.58. The predicted octanol–water partition coefficient (Wildman–Crippen LogP) is 7.64. The van der Waals surface area contributed by atoms with E-state index in [0.29, 0.717) is 0 Å². The second-order valence-electron chi connectivity index (χ2n) is 7.67. The molecule has 1 nitrogen and oxygen atoms in total. The smallest absolute Gasteiger partial charge is 0.0947 e. The molecule has 5 rings (SSSR count). The Morgan fingerprint density at radius 3 is 2.41 bits per heavy atom. The molecule has 0 amide bonds. The second kappa shape index (κ2) is 7.74. The number of nitrogens with zero attached hydrogens (tertiary/aromatic N) is 1. The minimum absolute atomic E-state index is 0.0444. The zero-order valence-corrected chi connectivity index (χ0v) is 18.1. The minimum Gasteiger partial charge on any atom is -0.241 e. The van der Waals surface area contributed by atoms with E-state index in [-0.39, 0.29) is 5.41 Å². The van der Waals surface area contributed by atoms with E-state index in [1.54, 1.807) is 0 Å². The van der Waals surface area contributed by atoms with E-state index in [1.807, 2.05) is 22.7 Å². The van der Waals surface area contributed by atoms with Crippen molar-refractivity contribution in [3.63, 3.8) is 0 Å². The average Bonchev–Trinajstić information content (AvgIpc) is 3.37. The minimum atomic E-state index is 0.0444. The standard InChI is InChI=1S/C26H23NS2/c1-2-26(20-11-4-3-5-12-20,16-24-21-13-7-6-10-19(21)18-28-24)17-25-27-22-14-8-9-15-23(22)29-25/h3-15,18H,2,16-17H2,1H3. The van der Waals surface area contributed by atoms with Gasteiger partial charge in [0.25, 0.3) is 0 Å². The Labute approximate surface area is 179 Å². The Kier molecular flexibility index (Phi) is 4.94. The van der Waals surface area contributed by atoms with Gasteiger partial charge in [0, 0.05) is 16.7 Å². The SMILES string of the molecule is CCC(Cc1nc2ccccc2s1)(Cc1scc2ccccc12)c1ccccc1. The molecule has 0 aliphatic heterocycles. The third-order valence-corrected chi connectivity index (χ3v) is 8.04. The highest BCUT2D eigenvalue weighted by atomic mass is 32.1. The Bertz CT molecular complexity index is 1220. The van der Waals surface area contributed by atoms with E-state index in [0.717, 1.165) is 24.8 Å². The number of hydrogen-bond acceptors (Lipinski definition) is 3. The van der Waals surface area contributed by atoms with E-state index in [1.165, 1.54) is 30.9 Å². The normalized spacial score (nSPS) is 13.7. The number of hydrogen-bond donors (Lipinski definition) is 0. The zero-order chi connectivity index (χ0) is 19.7. The Morgan fingerprint density at radius 1 is 0.828 bits per heavy atom. The van der Waals surface area contributed by atoms with Crippen LogP contribution < -0.4 is 0 Å². The number of fused-ring (bicyclic) bond motifs is 2. The lowest BCUT2D eigenvalue weighted by atomic mass is 9.72. The van der Waals surface area contributed by atoms with Gasteiger partial charge in [-0.05, 0) is 46.7 Å². The van der Waals surface area contributed by atoms with E-state index < -0.39 is 0 Å². The molecule has 2 aromatic heterocycles. The fourth-order valence-electron chi connectivity index (χ4n) is 4.29. The van der Waals surface area contributed by atoms with Crippen LogP contribution in [0.1, 0.15) is 28.8 Å². The van der Waals surface area contributed by atoms with Crippen molar-refractivity contribution in [3.8, 4) is 0 Å². The van der Waals surface area contributed by atoms with Crippen molar-refractivity contribution >= 4 is 43.7 Å². The molecule has 0 saturated heterocycles. The predicted molar refractivity (Wildman–Crippen MR) is 127 cm³/mol. The average molecular weight is 414 g/mol. The van der Waals surface area contributed by atoms with Crippen molar-refractivity contribution in [1.29, 1.82) is 0 Å². The largest absolute Gasteiger partial charge is 0.241 e. The van der Waals surface area contributed by atoms with E-state index >= 15 is 0 Å². The van der Waals surface area contributed by atoms with Crippen LogP contribution in [0.4, 0.5) is 0 Å². The molecule has 0 radical (unpaired) electrons. The maximum absolute atomic E-state index is 4.98. The first-order valence-electron chi connectivity index (χ1n) is 10.1. The highest BCUT2D eigenvalue weighted by molar-refractivity contribution is 7.18. The summed E-state index contributed by atoms with van der Waals surface area (Å²) in [7, 11) is 0. The third kappa shape index (κ3) is 3.50. The summed E-state index contributed by atoms with van der Waals surface area (Å²) in [5.74, 6) is 0. The van der Waals surface area contributed by atoms with Gasteiger partial charge in [0.05, 0.1) is 15.2 Å². The molecular weight excluding hydrogens is 390 g/mol. The highest BCUT2D eigenvalue weighted by Crippen LogP contribution is 2.40. The van der Waals surface area contributed by atoms with Crippen LogP contribution >= 0.6 is 22.7 Å². The van der Waals surface area contributed by atoms with Crippen LogP contribution in [-0.4, -0.2) is 4.98 Å². The number of para-hydroxylation sites is 1. The molecule has 3 aromatic carbocycles. The van der Waals surface area contributed by atoms with E-state index in [2.05, 4.69) is 91.2 Å². The first-order valence-corrected chi connectivity index (χ1v) is 11.8. The molecule has 0 aliphatic carbocycles. The van der Waals surface area contributed by atoms with Crippen LogP contribution in [-0.2, 0) is 18.3 Å². The molecule has 1 unspecified atom stereocenters. The molecule has 144 valence electrons. The molecule has 2 heterocycles. The number of rotatable bonds is 6. The van der Waals surface area contributed by atoms with Crippen LogP contribution in [0.15, 0.2) is 84.2 Å². The topological polar surface area (TPSA) is 12.9 Å². The number of aromatic nitrogens is 1. The molecule has 5 aromatic rings. The molecule has 29 heavy (non-hydrogen) atoms. The van der Waals surface area contributed by atoms with E-state index in [4.69, 9.17) is 4.98 Å². The summed E-state index contributed by atoms with van der Waals surface area (Å²) in [5, 5.41) is 6.28. The van der Waals surface area contributed by atoms with Gasteiger partial charge >= 0.3 is 0 Å². The lowest BCUT2D eigenvalue weighted by Crippen LogP contribution is -2.30. The summed E-state index contributed by atoms with van der Waals surface area (Å²) >= 11 is 3.74. The lowest BCUT2D eigenvalue weighted by Gasteiger charge is -2.33. The van der Waals surface area contributed by atoms with Crippen molar-refractivity contribution < 1.29 is 0 Å². The van der Waals surface area contributed by atoms with Crippen LogP contribution in [0.5, 0.6) is 0 Å². The quantitative estimate of drug-likeness (QED) is 0.279. The van der Waals surface area contributed by atoms with Crippen LogP contribution in [0.2, 0.25) is 0 Å². The van der Waals surface area contributed by atoms with Gasteiger partial charge < -0.3 is 0 Å². The van der Waals surface area contributed by atoms with Gasteiger partial charge in [0.2, 0.25) is 0 Å². The van der Waals surface area contributed by atoms with Gasteiger partial charge in [0.15, 0.2) is 0 Å². The summed E-state index contributed by atoms with van der Waals surface area (Å²) < 4.78 is 1.28. The molecule has 0 fully saturated rings. The van der Waals surface area contributed by atoms with Gasteiger partial charge in [-0.15, -0.1) is 22.7 Å². The zero-order valence-electron chi connectivity index (χ0n) is 16.5. The summed E-state index contributed by atoms with van der Waals surface area (Å²) in [6.45, 7) is 2.33. The summed E-state index contributed by atoms with van der Waals surface area (Å²) in [6.07, 6.45) is 3.10. The van der Waals surface area contributed by atoms with Crippen molar-refractivity contribution in [3.05, 3.63) is 99.7 Å². The lowest BCUT2D eigenvalue weighted by molar-refractivity contribution is 0.407. The van der Waals surface area contributed by atoms with Crippen molar-refractivity contribution in [2.24, 2.45) is 0 Å². The maximum Gasteiger partial charge on any atom is 0.0947 e. The Morgan fingerprint density at radius 2 is 1.59 bits per heavy atom. The van der Waals surface area contributed by atoms with Gasteiger partial charge in [-0.2, -0.15) is 0 Å². The van der Waals surface area contributed by atoms with Crippen LogP contribution in [0, 0.1) is 0 Å². The van der Waals surface area contributed by atoms with Crippen molar-refractivity contribution in [2.75, 3.05) is 0 Å². The molecular formula is C26H23NS2. The Balaban J connectivity index is 1.60. The summed E-state index contributed by atoms with van der Waals surface area (Å²) in [4.78, 5) is 6.46. The van der Waals surface area contributed by atoms with Crippen molar-refractivity contribution in [2.45, 2.75) is 31.6 Å². The van der Waals surface area contributed by atoms with E-state index in [9.17, 15) is 0 Å². The van der Waals surface area contributed by atoms with Gasteiger partial charge in [-0.1, -0.05) is 73.7 Å². The Hall–Kier alpha value is -2.49. The van der Waals surface area contributed by atoms with Crippen LogP contribution in [0.3, 0.4) is 0 Å². The number of thiazole rings is 1. The first-order chi connectivity index (χ1) is 14.3. The molecule has 0 saturated carbocycles. The van der Waals surface area contributed by atoms with Crippen molar-refractivity contribution in [1.82, 2.24) is 4.98 Å². The highest BCUT2D eigenvalue weighted by Gasteiger charge is 2.33. The molecule has 3 heteroatoms. The summed E-state index contributed by atoms with van der Waals surface area (Å²) in [6, 6.07) is 28.3. The molecule has 0 spiro atoms. The third-order valence-electron chi connectivity index (χ3n) is 5.98. The monoisotopic (exact) mass is 413 g/mol. The number of thiophene rings is 1. The molecule has 1 atom stereocenters. The molecule has 0 aliphatic rings. The van der Waals surface area contributed by atoms with Gasteiger partial charge in [-0.25, -0.2) is 4.98 Å². The second-order valence-corrected chi connectivity index (χ2v) is 9.75. The maximum atomic E-state index is 4.98. The first kappa shape index (κ1) is 18.5. The van der Waals surface area contributed by atoms with Crippen LogP contribution in [0.25, 0.3) is 21.0 Å². The number of benzene rings is 3. The van der Waals surface area contributed by atoms with Gasteiger partial charge in [0.1, 0.15) is 0 Å².